The largest absolute Gasteiger partial charge is 0.495 e. The maximum Gasteiger partial charge on any atom is 0.252 e. The molecule has 8 nitrogen and oxygen atoms in total. The number of ketones is 2. The first-order valence-electron chi connectivity index (χ1n) is 12.6. The number of hydrogen-bond acceptors (Lipinski definition) is 7. The van der Waals surface area contributed by atoms with Crippen LogP contribution in [0.2, 0.25) is 5.02 Å². The number of nitrogens with zero attached hydrogens (tertiary/aromatic N) is 1. The molecule has 0 fully saturated rings. The van der Waals surface area contributed by atoms with E-state index in [9.17, 15) is 14.4 Å². The zero-order chi connectivity index (χ0) is 28.3. The Morgan fingerprint density at radius 2 is 1.79 bits per heavy atom. The van der Waals surface area contributed by atoms with E-state index in [1.807, 2.05) is 26.8 Å². The molecule has 1 aliphatic heterocycles. The minimum atomic E-state index is -0.820. The quantitative estimate of drug-likeness (QED) is 0.299. The minimum Gasteiger partial charge on any atom is -0.495 e. The number of carbonyl (C=O) groups is 2. The van der Waals surface area contributed by atoms with Crippen molar-refractivity contribution in [1.29, 1.82) is 0 Å². The molecule has 0 aliphatic carbocycles. The highest BCUT2D eigenvalue weighted by molar-refractivity contribution is 6.31. The predicted molar refractivity (Wildman–Crippen MR) is 148 cm³/mol. The Labute approximate surface area is 232 Å². The molecule has 1 aliphatic rings. The maximum absolute atomic E-state index is 13.7. The van der Waals surface area contributed by atoms with Gasteiger partial charge in [-0.3, -0.25) is 14.4 Å². The van der Waals surface area contributed by atoms with E-state index >= 15 is 0 Å². The SMILES string of the molecule is COc1cn(C(CCOC(C)(C)C)C(=O)Cc2ccc3c(c2)OCO3)c(=O)cc1-c1cc(Cl)ccc1C(C)=O. The number of Topliss-reactive ketones (excluding diaryl/α,β-unsaturated/α-hetero) is 2. The second-order valence-electron chi connectivity index (χ2n) is 10.3. The molecular weight excluding hydrogens is 522 g/mol. The van der Waals surface area contributed by atoms with Crippen LogP contribution in [0.15, 0.2) is 53.5 Å². The lowest BCUT2D eigenvalue weighted by Crippen LogP contribution is -2.32. The molecule has 0 saturated heterocycles. The monoisotopic (exact) mass is 553 g/mol. The van der Waals surface area contributed by atoms with Crippen LogP contribution in [0.25, 0.3) is 11.1 Å². The fourth-order valence-corrected chi connectivity index (χ4v) is 4.67. The summed E-state index contributed by atoms with van der Waals surface area (Å²) < 4.78 is 23.7. The Hall–Kier alpha value is -3.62. The fraction of sp³-hybridized carbons (Fsp3) is 0.367. The lowest BCUT2D eigenvalue weighted by Gasteiger charge is -2.24. The lowest BCUT2D eigenvalue weighted by molar-refractivity contribution is -0.122. The van der Waals surface area contributed by atoms with Crippen molar-refractivity contribution < 1.29 is 28.5 Å². The van der Waals surface area contributed by atoms with Crippen LogP contribution in [0.3, 0.4) is 0 Å². The molecule has 1 atom stereocenters. The van der Waals surface area contributed by atoms with Gasteiger partial charge in [0.15, 0.2) is 23.1 Å². The van der Waals surface area contributed by atoms with Gasteiger partial charge in [-0.2, -0.15) is 0 Å². The first kappa shape index (κ1) is 28.4. The van der Waals surface area contributed by atoms with Crippen LogP contribution >= 0.6 is 11.6 Å². The Morgan fingerprint density at radius 3 is 2.49 bits per heavy atom. The van der Waals surface area contributed by atoms with Crippen molar-refractivity contribution in [2.75, 3.05) is 20.5 Å². The van der Waals surface area contributed by atoms with Crippen LogP contribution < -0.4 is 19.8 Å². The smallest absolute Gasteiger partial charge is 0.252 e. The second-order valence-corrected chi connectivity index (χ2v) is 10.8. The number of aromatic nitrogens is 1. The highest BCUT2D eigenvalue weighted by Crippen LogP contribution is 2.35. The summed E-state index contributed by atoms with van der Waals surface area (Å²) in [6, 6.07) is 10.8. The zero-order valence-electron chi connectivity index (χ0n) is 22.7. The molecule has 0 saturated carbocycles. The van der Waals surface area contributed by atoms with Gasteiger partial charge in [0.25, 0.3) is 5.56 Å². The molecule has 3 aromatic rings. The van der Waals surface area contributed by atoms with Gasteiger partial charge in [0.2, 0.25) is 6.79 Å². The summed E-state index contributed by atoms with van der Waals surface area (Å²) in [4.78, 5) is 39.5. The molecule has 0 amide bonds. The standard InChI is InChI=1S/C30H32ClNO7/c1-18(33)21-8-7-20(31)14-22(21)23-15-29(35)32(16-28(23)36-5)24(10-11-39-30(2,3)4)25(34)12-19-6-9-26-27(13-19)38-17-37-26/h6-9,13-16,24H,10-12,17H2,1-5H3. The summed E-state index contributed by atoms with van der Waals surface area (Å²) >= 11 is 6.23. The average molecular weight is 554 g/mol. The number of hydrogen-bond donors (Lipinski definition) is 0. The Kier molecular flexibility index (Phi) is 8.47. The number of pyridine rings is 1. The van der Waals surface area contributed by atoms with Gasteiger partial charge in [-0.15, -0.1) is 0 Å². The number of methoxy groups -OCH3 is 1. The van der Waals surface area contributed by atoms with Crippen LogP contribution in [0.4, 0.5) is 0 Å². The summed E-state index contributed by atoms with van der Waals surface area (Å²) in [5, 5.41) is 0.414. The van der Waals surface area contributed by atoms with Gasteiger partial charge < -0.3 is 23.5 Å². The van der Waals surface area contributed by atoms with Gasteiger partial charge in [-0.25, -0.2) is 0 Å². The first-order chi connectivity index (χ1) is 18.5. The van der Waals surface area contributed by atoms with E-state index in [0.717, 1.165) is 5.56 Å². The third-order valence-corrected chi connectivity index (χ3v) is 6.60. The summed E-state index contributed by atoms with van der Waals surface area (Å²) in [5.74, 6) is 1.19. The Morgan fingerprint density at radius 1 is 1.05 bits per heavy atom. The highest BCUT2D eigenvalue weighted by atomic mass is 35.5. The normalized spacial score (nSPS) is 13.3. The summed E-state index contributed by atoms with van der Waals surface area (Å²) in [6.07, 6.45) is 1.87. The van der Waals surface area contributed by atoms with Gasteiger partial charge in [0, 0.05) is 35.2 Å². The highest BCUT2D eigenvalue weighted by Gasteiger charge is 2.26. The second kappa shape index (κ2) is 11.6. The summed E-state index contributed by atoms with van der Waals surface area (Å²) in [6.45, 7) is 7.63. The molecule has 39 heavy (non-hydrogen) atoms. The van der Waals surface area contributed by atoms with Crippen LogP contribution in [0.1, 0.15) is 56.1 Å². The maximum atomic E-state index is 13.7. The molecule has 1 unspecified atom stereocenters. The van der Waals surface area contributed by atoms with Gasteiger partial charge in [-0.1, -0.05) is 17.7 Å². The molecule has 2 aromatic carbocycles. The average Bonchev–Trinajstić information content (AvgIpc) is 3.34. The van der Waals surface area contributed by atoms with Gasteiger partial charge in [-0.05, 0) is 75.6 Å². The number of ether oxygens (including phenoxy) is 4. The van der Waals surface area contributed by atoms with E-state index in [4.69, 9.17) is 30.5 Å². The molecule has 0 bridgehead atoms. The third-order valence-electron chi connectivity index (χ3n) is 6.36. The molecule has 1 aromatic heterocycles. The fourth-order valence-electron chi connectivity index (χ4n) is 4.49. The van der Waals surface area contributed by atoms with Crippen molar-refractivity contribution >= 4 is 23.2 Å². The first-order valence-corrected chi connectivity index (χ1v) is 13.0. The van der Waals surface area contributed by atoms with Crippen LogP contribution in [-0.2, 0) is 16.0 Å². The minimum absolute atomic E-state index is 0.0795. The molecule has 2 heterocycles. The van der Waals surface area contributed by atoms with Crippen molar-refractivity contribution in [3.8, 4) is 28.4 Å². The van der Waals surface area contributed by atoms with Crippen LogP contribution in [0, 0.1) is 0 Å². The molecule has 0 N–H and O–H groups in total. The van der Waals surface area contributed by atoms with E-state index in [1.54, 1.807) is 30.3 Å². The van der Waals surface area contributed by atoms with Crippen molar-refractivity contribution in [2.45, 2.75) is 52.2 Å². The summed E-state index contributed by atoms with van der Waals surface area (Å²) in [7, 11) is 1.47. The van der Waals surface area contributed by atoms with Gasteiger partial charge in [0.1, 0.15) is 5.75 Å². The van der Waals surface area contributed by atoms with Crippen molar-refractivity contribution in [3.05, 3.63) is 75.2 Å². The molecule has 0 radical (unpaired) electrons. The third kappa shape index (κ3) is 6.69. The Bertz CT molecular complexity index is 1450. The number of carbonyl (C=O) groups excluding carboxylic acids is 2. The molecule has 0 spiro atoms. The van der Waals surface area contributed by atoms with Crippen LogP contribution in [0.5, 0.6) is 17.2 Å². The number of benzene rings is 2. The molecule has 206 valence electrons. The van der Waals surface area contributed by atoms with E-state index in [0.29, 0.717) is 39.0 Å². The van der Waals surface area contributed by atoms with E-state index in [2.05, 4.69) is 0 Å². The van der Waals surface area contributed by atoms with Crippen LogP contribution in [-0.4, -0.2) is 42.2 Å². The van der Waals surface area contributed by atoms with Gasteiger partial charge >= 0.3 is 0 Å². The predicted octanol–water partition coefficient (Wildman–Crippen LogP) is 5.67. The Balaban J connectivity index is 1.73. The summed E-state index contributed by atoms with van der Waals surface area (Å²) in [5.41, 5.74) is 1.22. The molecular formula is C30H32ClNO7. The van der Waals surface area contributed by atoms with E-state index in [-0.39, 0.29) is 37.8 Å². The van der Waals surface area contributed by atoms with Crippen molar-refractivity contribution in [1.82, 2.24) is 4.57 Å². The molecule has 4 rings (SSSR count). The lowest BCUT2D eigenvalue weighted by atomic mass is 9.96. The van der Waals surface area contributed by atoms with Crippen molar-refractivity contribution in [3.63, 3.8) is 0 Å². The topological polar surface area (TPSA) is 93.1 Å². The van der Waals surface area contributed by atoms with E-state index in [1.165, 1.54) is 30.9 Å². The molecule has 9 heteroatoms. The zero-order valence-corrected chi connectivity index (χ0v) is 23.5. The number of fused-ring (bicyclic) bond motifs is 1. The van der Waals surface area contributed by atoms with Crippen molar-refractivity contribution in [2.24, 2.45) is 0 Å². The van der Waals surface area contributed by atoms with Gasteiger partial charge in [0.05, 0.1) is 24.9 Å². The van der Waals surface area contributed by atoms with E-state index < -0.39 is 17.2 Å². The number of halogens is 1. The number of rotatable bonds is 10.